The maximum Gasteiger partial charge on any atom is 0.410 e. The topological polar surface area (TPSA) is 49.8 Å². The number of nitrogens with zero attached hydrogens (tertiary/aromatic N) is 1. The fourth-order valence-electron chi connectivity index (χ4n) is 1.90. The fraction of sp³-hybridized carbons (Fsp3) is 0.929. The number of thioether (sulfide) groups is 1. The first kappa shape index (κ1) is 16.6. The fourth-order valence-corrected chi connectivity index (χ4v) is 2.83. The minimum atomic E-state index is -0.631. The number of carbonyl (C=O) groups excluding carboxylic acids is 1. The summed E-state index contributed by atoms with van der Waals surface area (Å²) in [6.45, 7) is 11.0. The predicted molar refractivity (Wildman–Crippen MR) is 79.6 cm³/mol. The molecule has 0 atom stereocenters. The van der Waals surface area contributed by atoms with Crippen molar-refractivity contribution in [1.29, 1.82) is 0 Å². The van der Waals surface area contributed by atoms with Gasteiger partial charge in [-0.3, -0.25) is 0 Å². The molecule has 0 aliphatic carbocycles. The van der Waals surface area contributed by atoms with Crippen molar-refractivity contribution in [2.45, 2.75) is 63.9 Å². The van der Waals surface area contributed by atoms with E-state index in [-0.39, 0.29) is 6.09 Å². The van der Waals surface area contributed by atoms with Gasteiger partial charge in [-0.2, -0.15) is 11.8 Å². The van der Waals surface area contributed by atoms with Crippen LogP contribution >= 0.6 is 11.8 Å². The lowest BCUT2D eigenvalue weighted by molar-refractivity contribution is -0.0191. The largest absolute Gasteiger partial charge is 0.444 e. The Morgan fingerprint density at radius 1 is 1.37 bits per heavy atom. The van der Waals surface area contributed by atoms with Crippen molar-refractivity contribution in [2.75, 3.05) is 18.8 Å². The summed E-state index contributed by atoms with van der Waals surface area (Å²) < 4.78 is 5.34. The Hall–Kier alpha value is -0.420. The van der Waals surface area contributed by atoms with Gasteiger partial charge in [-0.05, 0) is 38.9 Å². The molecule has 19 heavy (non-hydrogen) atoms. The van der Waals surface area contributed by atoms with E-state index < -0.39 is 11.2 Å². The molecule has 1 heterocycles. The summed E-state index contributed by atoms with van der Waals surface area (Å²) in [5, 5.41) is 11.0. The van der Waals surface area contributed by atoms with Gasteiger partial charge in [0.25, 0.3) is 0 Å². The highest BCUT2D eigenvalue weighted by atomic mass is 32.2. The summed E-state index contributed by atoms with van der Waals surface area (Å²) in [7, 11) is 0. The first-order valence-corrected chi connectivity index (χ1v) is 7.98. The maximum absolute atomic E-state index is 11.9. The summed E-state index contributed by atoms with van der Waals surface area (Å²) >= 11 is 1.77. The minimum Gasteiger partial charge on any atom is -0.444 e. The van der Waals surface area contributed by atoms with Crippen molar-refractivity contribution in [2.24, 2.45) is 0 Å². The SMILES string of the molecule is CC(C)SCC1(O)CCN(C(=O)OC(C)(C)C)CC1. The summed E-state index contributed by atoms with van der Waals surface area (Å²) in [5.74, 6) is 0.743. The van der Waals surface area contributed by atoms with Crippen LogP contribution in [0.1, 0.15) is 47.5 Å². The van der Waals surface area contributed by atoms with Gasteiger partial charge < -0.3 is 14.7 Å². The van der Waals surface area contributed by atoms with Crippen molar-refractivity contribution < 1.29 is 14.6 Å². The monoisotopic (exact) mass is 289 g/mol. The molecule has 0 spiro atoms. The molecule has 1 saturated heterocycles. The molecule has 1 aliphatic heterocycles. The number of rotatable bonds is 3. The van der Waals surface area contributed by atoms with E-state index in [9.17, 15) is 9.90 Å². The van der Waals surface area contributed by atoms with E-state index >= 15 is 0 Å². The molecule has 0 unspecified atom stereocenters. The normalized spacial score (nSPS) is 19.6. The van der Waals surface area contributed by atoms with Gasteiger partial charge in [0.05, 0.1) is 5.60 Å². The molecule has 0 aromatic heterocycles. The zero-order chi connectivity index (χ0) is 14.7. The second kappa shape index (κ2) is 6.35. The van der Waals surface area contributed by atoms with Crippen LogP contribution in [0.3, 0.4) is 0 Å². The number of hydrogen-bond donors (Lipinski definition) is 1. The maximum atomic E-state index is 11.9. The van der Waals surface area contributed by atoms with Gasteiger partial charge >= 0.3 is 6.09 Å². The first-order chi connectivity index (χ1) is 8.61. The Kier molecular flexibility index (Phi) is 5.56. The van der Waals surface area contributed by atoms with Crippen LogP contribution in [-0.4, -0.2) is 51.4 Å². The van der Waals surface area contributed by atoms with Crippen LogP contribution in [0.4, 0.5) is 4.79 Å². The second-order valence-corrected chi connectivity index (χ2v) is 8.12. The average Bonchev–Trinajstić information content (AvgIpc) is 2.25. The molecule has 1 fully saturated rings. The molecule has 1 amide bonds. The zero-order valence-corrected chi connectivity index (χ0v) is 13.5. The number of aliphatic hydroxyl groups is 1. The number of ether oxygens (including phenoxy) is 1. The van der Waals surface area contributed by atoms with Crippen LogP contribution in [-0.2, 0) is 4.74 Å². The quantitative estimate of drug-likeness (QED) is 0.868. The van der Waals surface area contributed by atoms with E-state index in [4.69, 9.17) is 4.74 Å². The molecule has 0 aromatic carbocycles. The Morgan fingerprint density at radius 2 is 1.89 bits per heavy atom. The highest BCUT2D eigenvalue weighted by Crippen LogP contribution is 2.28. The molecule has 1 rings (SSSR count). The van der Waals surface area contributed by atoms with Gasteiger partial charge in [0.15, 0.2) is 0 Å². The summed E-state index contributed by atoms with van der Waals surface area (Å²) in [6.07, 6.45) is 0.990. The number of hydrogen-bond acceptors (Lipinski definition) is 4. The molecule has 0 radical (unpaired) electrons. The molecule has 5 heteroatoms. The third-order valence-corrected chi connectivity index (χ3v) is 4.40. The van der Waals surface area contributed by atoms with Crippen LogP contribution in [0.2, 0.25) is 0 Å². The summed E-state index contributed by atoms with van der Waals surface area (Å²) in [6, 6.07) is 0. The number of likely N-dealkylation sites (tertiary alicyclic amines) is 1. The molecular weight excluding hydrogens is 262 g/mol. The van der Waals surface area contributed by atoms with E-state index in [1.165, 1.54) is 0 Å². The van der Waals surface area contributed by atoms with Crippen LogP contribution in [0.15, 0.2) is 0 Å². The molecule has 0 bridgehead atoms. The molecule has 4 nitrogen and oxygen atoms in total. The van der Waals surface area contributed by atoms with Gasteiger partial charge in [-0.15, -0.1) is 0 Å². The van der Waals surface area contributed by atoms with Crippen LogP contribution in [0.5, 0.6) is 0 Å². The van der Waals surface area contributed by atoms with E-state index in [2.05, 4.69) is 13.8 Å². The summed E-state index contributed by atoms with van der Waals surface area (Å²) in [4.78, 5) is 13.6. The number of piperidine rings is 1. The third-order valence-electron chi connectivity index (χ3n) is 3.03. The van der Waals surface area contributed by atoms with E-state index in [1.807, 2.05) is 20.8 Å². The Balaban J connectivity index is 2.41. The van der Waals surface area contributed by atoms with Gasteiger partial charge in [0.2, 0.25) is 0 Å². The first-order valence-electron chi connectivity index (χ1n) is 6.93. The lowest BCUT2D eigenvalue weighted by Crippen LogP contribution is -2.49. The molecule has 1 N–H and O–H groups in total. The number of carbonyl (C=O) groups is 1. The molecular formula is C14H27NO3S. The molecule has 0 aromatic rings. The summed E-state index contributed by atoms with van der Waals surface area (Å²) in [5.41, 5.74) is -1.09. The lowest BCUT2D eigenvalue weighted by atomic mass is 9.94. The van der Waals surface area contributed by atoms with Gasteiger partial charge in [-0.1, -0.05) is 13.8 Å². The van der Waals surface area contributed by atoms with Crippen LogP contribution in [0, 0.1) is 0 Å². The lowest BCUT2D eigenvalue weighted by Gasteiger charge is -2.38. The highest BCUT2D eigenvalue weighted by molar-refractivity contribution is 7.99. The standard InChI is InChI=1S/C14H27NO3S/c1-11(2)19-10-14(17)6-8-15(9-7-14)12(16)18-13(3,4)5/h11,17H,6-10H2,1-5H3. The van der Waals surface area contributed by atoms with Crippen LogP contribution < -0.4 is 0 Å². The minimum absolute atomic E-state index is 0.272. The van der Waals surface area contributed by atoms with Crippen molar-refractivity contribution in [3.8, 4) is 0 Å². The Bertz CT molecular complexity index is 304. The molecule has 112 valence electrons. The Labute approximate surface area is 120 Å². The third kappa shape index (κ3) is 6.04. The Morgan fingerprint density at radius 3 is 2.32 bits per heavy atom. The zero-order valence-electron chi connectivity index (χ0n) is 12.7. The average molecular weight is 289 g/mol. The van der Waals surface area contributed by atoms with E-state index in [0.29, 0.717) is 31.2 Å². The van der Waals surface area contributed by atoms with Gasteiger partial charge in [-0.25, -0.2) is 4.79 Å². The van der Waals surface area contributed by atoms with Crippen LogP contribution in [0.25, 0.3) is 0 Å². The van der Waals surface area contributed by atoms with Crippen molar-refractivity contribution in [3.63, 3.8) is 0 Å². The van der Waals surface area contributed by atoms with Crippen molar-refractivity contribution in [1.82, 2.24) is 4.90 Å². The van der Waals surface area contributed by atoms with Crippen molar-refractivity contribution >= 4 is 17.9 Å². The predicted octanol–water partition coefficient (Wildman–Crippen LogP) is 2.89. The number of amides is 1. The van der Waals surface area contributed by atoms with Gasteiger partial charge in [0.1, 0.15) is 5.60 Å². The highest BCUT2D eigenvalue weighted by Gasteiger charge is 2.35. The van der Waals surface area contributed by atoms with E-state index in [0.717, 1.165) is 5.75 Å². The second-order valence-electron chi connectivity index (χ2n) is 6.55. The van der Waals surface area contributed by atoms with Gasteiger partial charge in [0, 0.05) is 18.8 Å². The smallest absolute Gasteiger partial charge is 0.410 e. The van der Waals surface area contributed by atoms with Crippen molar-refractivity contribution in [3.05, 3.63) is 0 Å². The van der Waals surface area contributed by atoms with E-state index in [1.54, 1.807) is 16.7 Å². The molecule has 1 aliphatic rings. The molecule has 0 saturated carbocycles.